The Morgan fingerprint density at radius 3 is 2.58 bits per heavy atom. The quantitative estimate of drug-likeness (QED) is 0.357. The molecule has 0 saturated carbocycles. The Balaban J connectivity index is 2.38. The number of allylic oxidation sites excluding steroid dienone is 1. The van der Waals surface area contributed by atoms with Crippen LogP contribution in [0.1, 0.15) is 10.5 Å². The Labute approximate surface area is 109 Å². The zero-order valence-electron chi connectivity index (χ0n) is 10.0. The molecule has 0 aliphatic rings. The van der Waals surface area contributed by atoms with Crippen molar-refractivity contribution in [1.29, 1.82) is 0 Å². The Hall–Kier alpha value is -2.76. The van der Waals surface area contributed by atoms with Crippen LogP contribution in [0.2, 0.25) is 0 Å². The van der Waals surface area contributed by atoms with Crippen LogP contribution in [-0.2, 0) is 6.54 Å². The van der Waals surface area contributed by atoms with E-state index in [-0.39, 0.29) is 5.69 Å². The molecule has 2 aromatic rings. The van der Waals surface area contributed by atoms with Gasteiger partial charge < -0.3 is 0 Å². The van der Waals surface area contributed by atoms with Gasteiger partial charge in [-0.1, -0.05) is 6.08 Å². The number of carbonyl (C=O) groups is 1. The van der Waals surface area contributed by atoms with E-state index in [0.717, 1.165) is 5.56 Å². The highest BCUT2D eigenvalue weighted by Crippen LogP contribution is 2.21. The smallest absolute Gasteiger partial charge is 0.269 e. The first-order valence-electron chi connectivity index (χ1n) is 5.54. The lowest BCUT2D eigenvalue weighted by Crippen LogP contribution is -2.01. The molecule has 0 saturated heterocycles. The molecule has 6 nitrogen and oxygen atoms in total. The number of rotatable bonds is 5. The summed E-state index contributed by atoms with van der Waals surface area (Å²) in [6, 6.07) is 7.66. The molecule has 0 bridgehead atoms. The molecule has 0 radical (unpaired) electrons. The summed E-state index contributed by atoms with van der Waals surface area (Å²) in [6.45, 7) is 4.02. The summed E-state index contributed by atoms with van der Waals surface area (Å²) < 4.78 is 1.52. The molecule has 19 heavy (non-hydrogen) atoms. The van der Waals surface area contributed by atoms with Crippen LogP contribution in [0.3, 0.4) is 0 Å². The van der Waals surface area contributed by atoms with E-state index in [4.69, 9.17) is 0 Å². The minimum absolute atomic E-state index is 0.0184. The van der Waals surface area contributed by atoms with Crippen LogP contribution in [0, 0.1) is 10.1 Å². The number of benzene rings is 1. The van der Waals surface area contributed by atoms with Gasteiger partial charge in [-0.15, -0.1) is 6.58 Å². The van der Waals surface area contributed by atoms with Gasteiger partial charge in [-0.2, -0.15) is 5.10 Å². The van der Waals surface area contributed by atoms with Gasteiger partial charge in [-0.25, -0.2) is 0 Å². The summed E-state index contributed by atoms with van der Waals surface area (Å²) in [5.74, 6) is 0. The van der Waals surface area contributed by atoms with Crippen LogP contribution in [-0.4, -0.2) is 21.0 Å². The number of carbonyl (C=O) groups excluding carboxylic acids is 1. The molecule has 0 atom stereocenters. The van der Waals surface area contributed by atoms with E-state index in [2.05, 4.69) is 11.7 Å². The van der Waals surface area contributed by atoms with Gasteiger partial charge in [-0.3, -0.25) is 19.6 Å². The van der Waals surface area contributed by atoms with E-state index in [0.29, 0.717) is 24.2 Å². The highest BCUT2D eigenvalue weighted by Gasteiger charge is 2.10. The van der Waals surface area contributed by atoms with E-state index >= 15 is 0 Å². The maximum absolute atomic E-state index is 10.9. The van der Waals surface area contributed by atoms with Gasteiger partial charge in [0.2, 0.25) is 0 Å². The van der Waals surface area contributed by atoms with Crippen LogP contribution >= 0.6 is 0 Å². The number of nitro groups is 1. The zero-order valence-corrected chi connectivity index (χ0v) is 10.0. The highest BCUT2D eigenvalue weighted by atomic mass is 16.6. The summed E-state index contributed by atoms with van der Waals surface area (Å²) in [5.41, 5.74) is 1.77. The lowest BCUT2D eigenvalue weighted by Gasteiger charge is -1.98. The molecule has 1 heterocycles. The highest BCUT2D eigenvalue weighted by molar-refractivity contribution is 5.76. The third-order valence-electron chi connectivity index (χ3n) is 2.61. The Bertz CT molecular complexity index is 629. The van der Waals surface area contributed by atoms with Crippen LogP contribution in [0.5, 0.6) is 0 Å². The van der Waals surface area contributed by atoms with Crippen molar-refractivity contribution in [3.8, 4) is 11.3 Å². The molecule has 0 fully saturated rings. The van der Waals surface area contributed by atoms with Gasteiger partial charge in [0.05, 0.1) is 17.2 Å². The second-order valence-corrected chi connectivity index (χ2v) is 3.85. The SMILES string of the molecule is C=CCn1nc(-c2ccc([N+](=O)[O-])cc2)cc1C=O. The molecule has 96 valence electrons. The van der Waals surface area contributed by atoms with Crippen molar-refractivity contribution in [2.75, 3.05) is 0 Å². The Morgan fingerprint density at radius 2 is 2.05 bits per heavy atom. The predicted molar refractivity (Wildman–Crippen MR) is 69.9 cm³/mol. The summed E-state index contributed by atoms with van der Waals surface area (Å²) in [7, 11) is 0. The van der Waals surface area contributed by atoms with Crippen molar-refractivity contribution in [1.82, 2.24) is 9.78 Å². The standard InChI is InChI=1S/C13H11N3O3/c1-2-7-15-12(9-17)8-13(14-15)10-3-5-11(6-4-10)16(18)19/h2-6,8-9H,1,7H2. The molecule has 1 aromatic carbocycles. The molecule has 0 unspecified atom stereocenters. The lowest BCUT2D eigenvalue weighted by atomic mass is 10.1. The number of aromatic nitrogens is 2. The summed E-state index contributed by atoms with van der Waals surface area (Å²) in [4.78, 5) is 21.0. The molecule has 2 rings (SSSR count). The third-order valence-corrected chi connectivity index (χ3v) is 2.61. The van der Waals surface area contributed by atoms with E-state index in [1.807, 2.05) is 0 Å². The Kier molecular flexibility index (Phi) is 3.51. The van der Waals surface area contributed by atoms with Crippen LogP contribution in [0.25, 0.3) is 11.3 Å². The molecule has 0 aliphatic carbocycles. The topological polar surface area (TPSA) is 78.0 Å². The second kappa shape index (κ2) is 5.26. The van der Waals surface area contributed by atoms with Gasteiger partial charge in [0.25, 0.3) is 5.69 Å². The zero-order chi connectivity index (χ0) is 13.8. The maximum atomic E-state index is 10.9. The maximum Gasteiger partial charge on any atom is 0.269 e. The largest absolute Gasteiger partial charge is 0.296 e. The number of non-ortho nitro benzene ring substituents is 1. The molecular weight excluding hydrogens is 246 g/mol. The molecule has 0 aliphatic heterocycles. The van der Waals surface area contributed by atoms with Crippen molar-refractivity contribution in [2.24, 2.45) is 0 Å². The number of nitro benzene ring substituents is 1. The molecule has 1 aromatic heterocycles. The van der Waals surface area contributed by atoms with Gasteiger partial charge in [0.15, 0.2) is 6.29 Å². The number of hydrogen-bond acceptors (Lipinski definition) is 4. The first kappa shape index (κ1) is 12.7. The molecule has 0 spiro atoms. The minimum atomic E-state index is -0.461. The third kappa shape index (κ3) is 2.57. The summed E-state index contributed by atoms with van der Waals surface area (Å²) in [6.07, 6.45) is 2.35. The van der Waals surface area contributed by atoms with Gasteiger partial charge in [0, 0.05) is 17.7 Å². The number of hydrogen-bond donors (Lipinski definition) is 0. The Morgan fingerprint density at radius 1 is 1.37 bits per heavy atom. The normalized spacial score (nSPS) is 10.1. The summed E-state index contributed by atoms with van der Waals surface area (Å²) in [5, 5.41) is 14.8. The fourth-order valence-corrected chi connectivity index (χ4v) is 1.69. The van der Waals surface area contributed by atoms with Gasteiger partial charge in [0.1, 0.15) is 5.69 Å². The predicted octanol–water partition coefficient (Wildman–Crippen LogP) is 2.46. The average molecular weight is 257 g/mol. The van der Waals surface area contributed by atoms with E-state index in [1.165, 1.54) is 16.8 Å². The average Bonchev–Trinajstić information content (AvgIpc) is 2.82. The fourth-order valence-electron chi connectivity index (χ4n) is 1.69. The number of aldehydes is 1. The fraction of sp³-hybridized carbons (Fsp3) is 0.0769. The molecule has 6 heteroatoms. The molecule has 0 amide bonds. The van der Waals surface area contributed by atoms with E-state index < -0.39 is 4.92 Å². The number of nitrogens with zero attached hydrogens (tertiary/aromatic N) is 3. The molecular formula is C13H11N3O3. The van der Waals surface area contributed by atoms with E-state index in [1.54, 1.807) is 24.3 Å². The van der Waals surface area contributed by atoms with Crippen LogP contribution in [0.15, 0.2) is 43.0 Å². The van der Waals surface area contributed by atoms with Crippen molar-refractivity contribution < 1.29 is 9.72 Å². The van der Waals surface area contributed by atoms with Gasteiger partial charge >= 0.3 is 0 Å². The lowest BCUT2D eigenvalue weighted by molar-refractivity contribution is -0.384. The van der Waals surface area contributed by atoms with Crippen molar-refractivity contribution in [3.63, 3.8) is 0 Å². The van der Waals surface area contributed by atoms with Crippen LogP contribution < -0.4 is 0 Å². The first-order valence-corrected chi connectivity index (χ1v) is 5.54. The van der Waals surface area contributed by atoms with Crippen LogP contribution in [0.4, 0.5) is 5.69 Å². The molecule has 0 N–H and O–H groups in total. The van der Waals surface area contributed by atoms with Crippen molar-refractivity contribution in [2.45, 2.75) is 6.54 Å². The summed E-state index contributed by atoms with van der Waals surface area (Å²) >= 11 is 0. The second-order valence-electron chi connectivity index (χ2n) is 3.85. The van der Waals surface area contributed by atoms with Crippen molar-refractivity contribution in [3.05, 3.63) is 58.8 Å². The van der Waals surface area contributed by atoms with Crippen molar-refractivity contribution >= 4 is 12.0 Å². The van der Waals surface area contributed by atoms with Gasteiger partial charge in [-0.05, 0) is 18.2 Å². The van der Waals surface area contributed by atoms with E-state index in [9.17, 15) is 14.9 Å². The minimum Gasteiger partial charge on any atom is -0.296 e. The first-order chi connectivity index (χ1) is 9.15. The monoisotopic (exact) mass is 257 g/mol.